The van der Waals surface area contributed by atoms with Crippen molar-refractivity contribution >= 4 is 0 Å². The third kappa shape index (κ3) is 2.16. The molecule has 0 N–H and O–H groups in total. The van der Waals surface area contributed by atoms with E-state index in [1.807, 2.05) is 16.9 Å². The van der Waals surface area contributed by atoms with Crippen molar-refractivity contribution in [2.45, 2.75) is 32.7 Å². The SMILES string of the molecule is CC(C)c1cnn([C@H](C)c2ccccc2)c1. The molecule has 84 valence electrons. The number of benzene rings is 1. The molecule has 0 saturated heterocycles. The van der Waals surface area contributed by atoms with Crippen LogP contribution in [0.1, 0.15) is 43.9 Å². The van der Waals surface area contributed by atoms with Gasteiger partial charge in [0.25, 0.3) is 0 Å². The maximum atomic E-state index is 4.43. The van der Waals surface area contributed by atoms with Gasteiger partial charge in [-0.25, -0.2) is 0 Å². The minimum absolute atomic E-state index is 0.300. The molecule has 2 heteroatoms. The standard InChI is InChI=1S/C14H18N2/c1-11(2)14-9-15-16(10-14)12(3)13-7-5-4-6-8-13/h4-12H,1-3H3/t12-/m1/s1. The molecule has 1 heterocycles. The minimum atomic E-state index is 0.300. The summed E-state index contributed by atoms with van der Waals surface area (Å²) in [6.07, 6.45) is 4.10. The molecule has 0 spiro atoms. The van der Waals surface area contributed by atoms with Crippen LogP contribution in [0.2, 0.25) is 0 Å². The highest BCUT2D eigenvalue weighted by Crippen LogP contribution is 2.19. The Hall–Kier alpha value is -1.57. The van der Waals surface area contributed by atoms with Crippen LogP contribution < -0.4 is 0 Å². The fourth-order valence-corrected chi connectivity index (χ4v) is 1.75. The molecule has 0 fully saturated rings. The van der Waals surface area contributed by atoms with Gasteiger partial charge in [0.05, 0.1) is 12.2 Å². The monoisotopic (exact) mass is 214 g/mol. The number of hydrogen-bond acceptors (Lipinski definition) is 1. The van der Waals surface area contributed by atoms with Gasteiger partial charge in [-0.15, -0.1) is 0 Å². The molecule has 1 aromatic heterocycles. The predicted molar refractivity (Wildman–Crippen MR) is 66.6 cm³/mol. The van der Waals surface area contributed by atoms with Crippen LogP contribution in [0.15, 0.2) is 42.7 Å². The van der Waals surface area contributed by atoms with Gasteiger partial charge in [-0.3, -0.25) is 4.68 Å². The molecule has 0 aliphatic rings. The summed E-state index contributed by atoms with van der Waals surface area (Å²) < 4.78 is 2.03. The molecule has 0 aliphatic carbocycles. The van der Waals surface area contributed by atoms with Crippen molar-refractivity contribution in [1.82, 2.24) is 9.78 Å². The van der Waals surface area contributed by atoms with Crippen LogP contribution in [-0.4, -0.2) is 9.78 Å². The van der Waals surface area contributed by atoms with Gasteiger partial charge >= 0.3 is 0 Å². The lowest BCUT2D eigenvalue weighted by Crippen LogP contribution is -2.06. The van der Waals surface area contributed by atoms with E-state index in [0.29, 0.717) is 12.0 Å². The van der Waals surface area contributed by atoms with Crippen molar-refractivity contribution in [2.24, 2.45) is 0 Å². The zero-order valence-electron chi connectivity index (χ0n) is 10.1. The minimum Gasteiger partial charge on any atom is -0.265 e. The lowest BCUT2D eigenvalue weighted by molar-refractivity contribution is 0.563. The summed E-state index contributed by atoms with van der Waals surface area (Å²) in [6.45, 7) is 6.55. The Morgan fingerprint density at radius 3 is 2.25 bits per heavy atom. The zero-order chi connectivity index (χ0) is 11.5. The van der Waals surface area contributed by atoms with Gasteiger partial charge in [-0.05, 0) is 24.0 Å². The van der Waals surface area contributed by atoms with Crippen molar-refractivity contribution in [2.75, 3.05) is 0 Å². The largest absolute Gasteiger partial charge is 0.265 e. The van der Waals surface area contributed by atoms with E-state index in [2.05, 4.69) is 56.3 Å². The second kappa shape index (κ2) is 4.52. The van der Waals surface area contributed by atoms with Crippen molar-refractivity contribution in [3.8, 4) is 0 Å². The highest BCUT2D eigenvalue weighted by Gasteiger charge is 2.09. The van der Waals surface area contributed by atoms with E-state index in [1.54, 1.807) is 0 Å². The highest BCUT2D eigenvalue weighted by molar-refractivity contribution is 5.20. The molecule has 2 rings (SSSR count). The fourth-order valence-electron chi connectivity index (χ4n) is 1.75. The van der Waals surface area contributed by atoms with Gasteiger partial charge in [0.15, 0.2) is 0 Å². The summed E-state index contributed by atoms with van der Waals surface area (Å²) in [7, 11) is 0. The van der Waals surface area contributed by atoms with Gasteiger partial charge in [0.2, 0.25) is 0 Å². The summed E-state index contributed by atoms with van der Waals surface area (Å²) in [6, 6.07) is 10.8. The first-order valence-electron chi connectivity index (χ1n) is 5.77. The first-order chi connectivity index (χ1) is 7.68. The third-order valence-electron chi connectivity index (χ3n) is 2.97. The van der Waals surface area contributed by atoms with E-state index in [1.165, 1.54) is 11.1 Å². The van der Waals surface area contributed by atoms with Crippen LogP contribution in [0.5, 0.6) is 0 Å². The molecule has 0 aliphatic heterocycles. The van der Waals surface area contributed by atoms with Gasteiger partial charge in [-0.1, -0.05) is 44.2 Å². The van der Waals surface area contributed by atoms with Crippen molar-refractivity contribution in [3.05, 3.63) is 53.9 Å². The lowest BCUT2D eigenvalue weighted by atomic mass is 10.1. The van der Waals surface area contributed by atoms with E-state index < -0.39 is 0 Å². The Kier molecular flexibility index (Phi) is 3.09. The Morgan fingerprint density at radius 2 is 1.69 bits per heavy atom. The fraction of sp³-hybridized carbons (Fsp3) is 0.357. The molecule has 0 saturated carbocycles. The Morgan fingerprint density at radius 1 is 1.00 bits per heavy atom. The second-order valence-electron chi connectivity index (χ2n) is 4.50. The summed E-state index contributed by atoms with van der Waals surface area (Å²) >= 11 is 0. The van der Waals surface area contributed by atoms with E-state index in [-0.39, 0.29) is 0 Å². The van der Waals surface area contributed by atoms with E-state index in [0.717, 1.165) is 0 Å². The third-order valence-corrected chi connectivity index (χ3v) is 2.97. The van der Waals surface area contributed by atoms with Crippen LogP contribution in [0.3, 0.4) is 0 Å². The number of aromatic nitrogens is 2. The number of nitrogens with zero attached hydrogens (tertiary/aromatic N) is 2. The first kappa shape index (κ1) is 10.9. The van der Waals surface area contributed by atoms with Crippen molar-refractivity contribution in [3.63, 3.8) is 0 Å². The predicted octanol–water partition coefficient (Wildman–Crippen LogP) is 3.62. The van der Waals surface area contributed by atoms with Crippen LogP contribution in [0.25, 0.3) is 0 Å². The number of rotatable bonds is 3. The molecule has 2 aromatic rings. The quantitative estimate of drug-likeness (QED) is 0.763. The Balaban J connectivity index is 2.24. The van der Waals surface area contributed by atoms with E-state index in [4.69, 9.17) is 0 Å². The molecule has 16 heavy (non-hydrogen) atoms. The maximum Gasteiger partial charge on any atom is 0.0740 e. The van der Waals surface area contributed by atoms with Crippen molar-refractivity contribution < 1.29 is 0 Å². The smallest absolute Gasteiger partial charge is 0.0740 e. The molecular formula is C14H18N2. The average molecular weight is 214 g/mol. The van der Waals surface area contributed by atoms with Crippen LogP contribution in [0, 0.1) is 0 Å². The molecule has 0 unspecified atom stereocenters. The van der Waals surface area contributed by atoms with E-state index >= 15 is 0 Å². The summed E-state index contributed by atoms with van der Waals surface area (Å²) in [4.78, 5) is 0. The van der Waals surface area contributed by atoms with Crippen LogP contribution in [-0.2, 0) is 0 Å². The molecule has 0 bridgehead atoms. The summed E-state index contributed by atoms with van der Waals surface area (Å²) in [5.41, 5.74) is 2.59. The normalized spacial score (nSPS) is 13.0. The Labute approximate surface area is 96.9 Å². The summed E-state index contributed by atoms with van der Waals surface area (Å²) in [5, 5.41) is 4.43. The van der Waals surface area contributed by atoms with Gasteiger partial charge in [-0.2, -0.15) is 5.10 Å². The highest BCUT2D eigenvalue weighted by atomic mass is 15.3. The molecule has 0 radical (unpaired) electrons. The van der Waals surface area contributed by atoms with Crippen LogP contribution in [0.4, 0.5) is 0 Å². The number of hydrogen-bond donors (Lipinski definition) is 0. The van der Waals surface area contributed by atoms with Gasteiger partial charge < -0.3 is 0 Å². The molecule has 1 atom stereocenters. The maximum absolute atomic E-state index is 4.43. The Bertz CT molecular complexity index is 443. The zero-order valence-corrected chi connectivity index (χ0v) is 10.1. The molecule has 1 aromatic carbocycles. The lowest BCUT2D eigenvalue weighted by Gasteiger charge is -2.12. The molecule has 2 nitrogen and oxygen atoms in total. The molecular weight excluding hydrogens is 196 g/mol. The van der Waals surface area contributed by atoms with Crippen molar-refractivity contribution in [1.29, 1.82) is 0 Å². The average Bonchev–Trinajstić information content (AvgIpc) is 2.78. The second-order valence-corrected chi connectivity index (χ2v) is 4.50. The van der Waals surface area contributed by atoms with Gasteiger partial charge in [0.1, 0.15) is 0 Å². The van der Waals surface area contributed by atoms with Crippen LogP contribution >= 0.6 is 0 Å². The first-order valence-corrected chi connectivity index (χ1v) is 5.77. The topological polar surface area (TPSA) is 17.8 Å². The molecule has 0 amide bonds. The van der Waals surface area contributed by atoms with E-state index in [9.17, 15) is 0 Å². The van der Waals surface area contributed by atoms with Gasteiger partial charge in [0, 0.05) is 6.20 Å². The summed E-state index contributed by atoms with van der Waals surface area (Å²) in [5.74, 6) is 0.539.